The fourth-order valence-corrected chi connectivity index (χ4v) is 1.55. The van der Waals surface area contributed by atoms with Gasteiger partial charge in [-0.1, -0.05) is 19.1 Å². The van der Waals surface area contributed by atoms with Crippen molar-refractivity contribution in [2.75, 3.05) is 13.7 Å². The van der Waals surface area contributed by atoms with Crippen LogP contribution in [-0.4, -0.2) is 37.7 Å². The first kappa shape index (κ1) is 17.5. The number of carbonyl (C=O) groups excluding carboxylic acids is 3. The smallest absolute Gasteiger partial charge is 0.342 e. The summed E-state index contributed by atoms with van der Waals surface area (Å²) in [4.78, 5) is 34.8. The van der Waals surface area contributed by atoms with Crippen LogP contribution in [0.5, 0.6) is 5.75 Å². The molecule has 1 atom stereocenters. The first-order valence-electron chi connectivity index (χ1n) is 6.88. The number of hydrogen-bond donors (Lipinski definition) is 2. The molecule has 120 valence electrons. The lowest BCUT2D eigenvalue weighted by Gasteiger charge is -2.12. The summed E-state index contributed by atoms with van der Waals surface area (Å²) in [7, 11) is 1.43. The first-order chi connectivity index (χ1) is 10.5. The summed E-state index contributed by atoms with van der Waals surface area (Å²) in [5.41, 5.74) is 0.210. The number of carbonyl (C=O) groups is 3. The lowest BCUT2D eigenvalue weighted by molar-refractivity contribution is -0.123. The van der Waals surface area contributed by atoms with E-state index in [2.05, 4.69) is 10.6 Å². The molecule has 0 unspecified atom stereocenters. The summed E-state index contributed by atoms with van der Waals surface area (Å²) in [5, 5.41) is 4.65. The molecular weight excluding hydrogens is 288 g/mol. The van der Waals surface area contributed by atoms with Crippen molar-refractivity contribution in [1.29, 1.82) is 0 Å². The normalized spacial score (nSPS) is 11.2. The molecule has 0 aromatic heterocycles. The summed E-state index contributed by atoms with van der Waals surface area (Å²) in [6.07, 6.45) is 0.740. The van der Waals surface area contributed by atoms with E-state index in [4.69, 9.17) is 9.47 Å². The highest BCUT2D eigenvalue weighted by Crippen LogP contribution is 2.17. The summed E-state index contributed by atoms with van der Waals surface area (Å²) < 4.78 is 9.88. The molecule has 0 saturated carbocycles. The summed E-state index contributed by atoms with van der Waals surface area (Å²) in [5.74, 6) is -1.05. The van der Waals surface area contributed by atoms with Crippen molar-refractivity contribution < 1.29 is 23.9 Å². The van der Waals surface area contributed by atoms with Gasteiger partial charge in [0.1, 0.15) is 11.3 Å². The monoisotopic (exact) mass is 308 g/mol. The largest absolute Gasteiger partial charge is 0.496 e. The molecule has 0 fully saturated rings. The Morgan fingerprint density at radius 3 is 2.55 bits per heavy atom. The molecular formula is C15H20N2O5. The van der Waals surface area contributed by atoms with Crippen molar-refractivity contribution in [1.82, 2.24) is 10.6 Å². The van der Waals surface area contributed by atoms with Crippen molar-refractivity contribution in [3.05, 3.63) is 29.8 Å². The molecule has 1 aromatic carbocycles. The van der Waals surface area contributed by atoms with Gasteiger partial charge in [0.2, 0.25) is 0 Å². The lowest BCUT2D eigenvalue weighted by Crippen LogP contribution is -2.44. The quantitative estimate of drug-likeness (QED) is 0.776. The van der Waals surface area contributed by atoms with E-state index >= 15 is 0 Å². The van der Waals surface area contributed by atoms with E-state index in [0.717, 1.165) is 6.42 Å². The third kappa shape index (κ3) is 5.43. The van der Waals surface area contributed by atoms with Crippen LogP contribution in [0.2, 0.25) is 0 Å². The van der Waals surface area contributed by atoms with Crippen molar-refractivity contribution >= 4 is 17.9 Å². The number of nitrogens with one attached hydrogen (secondary N) is 2. The Labute approximate surface area is 129 Å². The molecule has 7 heteroatoms. The van der Waals surface area contributed by atoms with Gasteiger partial charge in [0.15, 0.2) is 6.61 Å². The second kappa shape index (κ2) is 8.66. The van der Waals surface area contributed by atoms with Crippen molar-refractivity contribution in [2.45, 2.75) is 26.3 Å². The molecule has 1 aromatic rings. The molecule has 0 heterocycles. The predicted octanol–water partition coefficient (Wildman–Crippen LogP) is 1.48. The van der Waals surface area contributed by atoms with Gasteiger partial charge in [-0.15, -0.1) is 0 Å². The number of para-hydroxylation sites is 1. The number of esters is 1. The van der Waals surface area contributed by atoms with E-state index < -0.39 is 24.5 Å². The number of rotatable bonds is 6. The fourth-order valence-electron chi connectivity index (χ4n) is 1.55. The van der Waals surface area contributed by atoms with Gasteiger partial charge in [-0.3, -0.25) is 10.1 Å². The number of amides is 3. The Morgan fingerprint density at radius 2 is 1.91 bits per heavy atom. The molecule has 0 spiro atoms. The number of hydrogen-bond acceptors (Lipinski definition) is 5. The maximum atomic E-state index is 11.9. The zero-order valence-electron chi connectivity index (χ0n) is 12.8. The molecule has 0 radical (unpaired) electrons. The average Bonchev–Trinajstić information content (AvgIpc) is 2.52. The zero-order chi connectivity index (χ0) is 16.5. The standard InChI is InChI=1S/C15H20N2O5/c1-4-10(2)16-15(20)17-13(18)9-22-14(19)11-7-5-6-8-12(11)21-3/h5-8,10H,4,9H2,1-3H3,(H2,16,17,18,20)/t10-/m0/s1. The summed E-state index contributed by atoms with van der Waals surface area (Å²) in [6, 6.07) is 5.82. The number of imide groups is 1. The van der Waals surface area contributed by atoms with Crippen LogP contribution in [0.25, 0.3) is 0 Å². The van der Waals surface area contributed by atoms with Gasteiger partial charge >= 0.3 is 12.0 Å². The zero-order valence-corrected chi connectivity index (χ0v) is 12.8. The first-order valence-corrected chi connectivity index (χ1v) is 6.88. The van der Waals surface area contributed by atoms with Crippen LogP contribution >= 0.6 is 0 Å². The molecule has 0 aliphatic heterocycles. The predicted molar refractivity (Wildman–Crippen MR) is 79.7 cm³/mol. The molecule has 0 aliphatic rings. The second-order valence-corrected chi connectivity index (χ2v) is 4.61. The molecule has 22 heavy (non-hydrogen) atoms. The SMILES string of the molecule is CC[C@H](C)NC(=O)NC(=O)COC(=O)c1ccccc1OC. The van der Waals surface area contributed by atoms with Gasteiger partial charge in [0, 0.05) is 6.04 Å². The minimum atomic E-state index is -0.705. The highest BCUT2D eigenvalue weighted by atomic mass is 16.5. The fraction of sp³-hybridized carbons (Fsp3) is 0.400. The van der Waals surface area contributed by atoms with E-state index in [0.29, 0.717) is 5.75 Å². The number of methoxy groups -OCH3 is 1. The number of ether oxygens (including phenoxy) is 2. The van der Waals surface area contributed by atoms with E-state index in [1.165, 1.54) is 13.2 Å². The maximum Gasteiger partial charge on any atom is 0.342 e. The van der Waals surface area contributed by atoms with Gasteiger partial charge in [0.25, 0.3) is 5.91 Å². The highest BCUT2D eigenvalue weighted by Gasteiger charge is 2.16. The van der Waals surface area contributed by atoms with Gasteiger partial charge in [-0.25, -0.2) is 9.59 Å². The highest BCUT2D eigenvalue weighted by molar-refractivity contribution is 5.97. The Hall–Kier alpha value is -2.57. The van der Waals surface area contributed by atoms with Gasteiger partial charge in [0.05, 0.1) is 7.11 Å². The van der Waals surface area contributed by atoms with Crippen LogP contribution in [0, 0.1) is 0 Å². The average molecular weight is 308 g/mol. The van der Waals surface area contributed by atoms with Crippen LogP contribution in [0.1, 0.15) is 30.6 Å². The molecule has 2 N–H and O–H groups in total. The lowest BCUT2D eigenvalue weighted by atomic mass is 10.2. The Morgan fingerprint density at radius 1 is 1.23 bits per heavy atom. The van der Waals surface area contributed by atoms with Crippen molar-refractivity contribution in [3.63, 3.8) is 0 Å². The third-order valence-corrected chi connectivity index (χ3v) is 2.90. The van der Waals surface area contributed by atoms with Gasteiger partial charge in [-0.05, 0) is 25.5 Å². The van der Waals surface area contributed by atoms with E-state index in [1.807, 2.05) is 13.8 Å². The molecule has 0 bridgehead atoms. The Kier molecular flexibility index (Phi) is 6.88. The maximum absolute atomic E-state index is 11.9. The Bertz CT molecular complexity index is 544. The third-order valence-electron chi connectivity index (χ3n) is 2.90. The second-order valence-electron chi connectivity index (χ2n) is 4.61. The van der Waals surface area contributed by atoms with E-state index in [-0.39, 0.29) is 11.6 Å². The molecule has 0 aliphatic carbocycles. The van der Waals surface area contributed by atoms with Crippen molar-refractivity contribution in [3.8, 4) is 5.75 Å². The van der Waals surface area contributed by atoms with Crippen LogP contribution in [-0.2, 0) is 9.53 Å². The minimum absolute atomic E-state index is 0.0519. The number of urea groups is 1. The van der Waals surface area contributed by atoms with E-state index in [1.54, 1.807) is 18.2 Å². The van der Waals surface area contributed by atoms with Gasteiger partial charge in [-0.2, -0.15) is 0 Å². The molecule has 1 rings (SSSR count). The molecule has 3 amide bonds. The Balaban J connectivity index is 2.47. The number of benzene rings is 1. The van der Waals surface area contributed by atoms with Gasteiger partial charge < -0.3 is 14.8 Å². The topological polar surface area (TPSA) is 93.7 Å². The van der Waals surface area contributed by atoms with Crippen LogP contribution < -0.4 is 15.4 Å². The van der Waals surface area contributed by atoms with Crippen molar-refractivity contribution in [2.24, 2.45) is 0 Å². The van der Waals surface area contributed by atoms with E-state index in [9.17, 15) is 14.4 Å². The minimum Gasteiger partial charge on any atom is -0.496 e. The van der Waals surface area contributed by atoms with Crippen LogP contribution in [0.4, 0.5) is 4.79 Å². The summed E-state index contributed by atoms with van der Waals surface area (Å²) >= 11 is 0. The van der Waals surface area contributed by atoms with Crippen LogP contribution in [0.3, 0.4) is 0 Å². The molecule has 0 saturated heterocycles. The summed E-state index contributed by atoms with van der Waals surface area (Å²) in [6.45, 7) is 3.17. The van der Waals surface area contributed by atoms with Crippen LogP contribution in [0.15, 0.2) is 24.3 Å². The molecule has 7 nitrogen and oxygen atoms in total.